The fraction of sp³-hybridized carbons (Fsp3) is 0.833. The zero-order valence-electron chi connectivity index (χ0n) is 12.6. The van der Waals surface area contributed by atoms with Crippen molar-refractivity contribution in [1.29, 1.82) is 0 Å². The molecule has 0 saturated heterocycles. The Labute approximate surface area is 120 Å². The third kappa shape index (κ3) is 7.44. The van der Waals surface area contributed by atoms with Crippen molar-refractivity contribution >= 4 is 21.9 Å². The highest BCUT2D eigenvalue weighted by Gasteiger charge is 2.30. The lowest BCUT2D eigenvalue weighted by Crippen LogP contribution is -2.52. The summed E-state index contributed by atoms with van der Waals surface area (Å²) in [6, 6.07) is -1.26. The molecule has 1 unspecified atom stereocenters. The molecule has 0 aliphatic rings. The Kier molecular flexibility index (Phi) is 7.15. The van der Waals surface area contributed by atoms with Crippen LogP contribution in [0.4, 0.5) is 0 Å². The van der Waals surface area contributed by atoms with E-state index in [2.05, 4.69) is 4.72 Å². The number of carbonyl (C=O) groups is 2. The van der Waals surface area contributed by atoms with E-state index in [9.17, 15) is 18.0 Å². The van der Waals surface area contributed by atoms with Crippen molar-refractivity contribution < 1.29 is 23.1 Å². The minimum atomic E-state index is -3.55. The standard InChI is InChI=1S/C12H24N2O5S/c1-8(2)6-10(13-20(5,18)19)12(17)14(9(3)4)7-11(15)16/h8-10,13H,6-7H2,1-5H3,(H,15,16). The molecular formula is C12H24N2O5S. The molecular weight excluding hydrogens is 284 g/mol. The normalized spacial score (nSPS) is 13.6. The van der Waals surface area contributed by atoms with E-state index < -0.39 is 34.5 Å². The molecule has 1 atom stereocenters. The summed E-state index contributed by atoms with van der Waals surface area (Å²) in [6.07, 6.45) is 1.29. The molecule has 8 heteroatoms. The Hall–Kier alpha value is -1.15. The van der Waals surface area contributed by atoms with Crippen molar-refractivity contribution in [2.75, 3.05) is 12.8 Å². The van der Waals surface area contributed by atoms with Crippen molar-refractivity contribution in [3.8, 4) is 0 Å². The van der Waals surface area contributed by atoms with E-state index in [0.29, 0.717) is 6.42 Å². The summed E-state index contributed by atoms with van der Waals surface area (Å²) < 4.78 is 25.0. The maximum absolute atomic E-state index is 12.4. The van der Waals surface area contributed by atoms with Gasteiger partial charge in [0.1, 0.15) is 12.6 Å². The van der Waals surface area contributed by atoms with Gasteiger partial charge in [0.2, 0.25) is 15.9 Å². The second-order valence-corrected chi connectivity index (χ2v) is 7.31. The molecule has 0 rings (SSSR count). The molecule has 0 aromatic carbocycles. The van der Waals surface area contributed by atoms with Crippen LogP contribution in [0.1, 0.15) is 34.1 Å². The molecule has 0 heterocycles. The van der Waals surface area contributed by atoms with E-state index in [0.717, 1.165) is 11.2 Å². The molecule has 0 aliphatic carbocycles. The molecule has 2 N–H and O–H groups in total. The Morgan fingerprint density at radius 1 is 1.20 bits per heavy atom. The maximum Gasteiger partial charge on any atom is 0.323 e. The van der Waals surface area contributed by atoms with Crippen LogP contribution in [-0.4, -0.2) is 55.2 Å². The van der Waals surface area contributed by atoms with Gasteiger partial charge in [-0.05, 0) is 26.2 Å². The van der Waals surface area contributed by atoms with Crippen molar-refractivity contribution in [3.05, 3.63) is 0 Å². The number of carboxylic acids is 1. The Morgan fingerprint density at radius 3 is 2.00 bits per heavy atom. The first kappa shape index (κ1) is 18.9. The number of rotatable bonds is 8. The second-order valence-electron chi connectivity index (χ2n) is 5.53. The lowest BCUT2D eigenvalue weighted by atomic mass is 10.0. The van der Waals surface area contributed by atoms with Crippen LogP contribution in [0.15, 0.2) is 0 Å². The topological polar surface area (TPSA) is 104 Å². The lowest BCUT2D eigenvalue weighted by Gasteiger charge is -2.30. The van der Waals surface area contributed by atoms with E-state index in [1.165, 1.54) is 0 Å². The highest BCUT2D eigenvalue weighted by Crippen LogP contribution is 2.11. The molecule has 1 amide bonds. The summed E-state index contributed by atoms with van der Waals surface area (Å²) >= 11 is 0. The van der Waals surface area contributed by atoms with Crippen molar-refractivity contribution in [3.63, 3.8) is 0 Å². The molecule has 118 valence electrons. The largest absolute Gasteiger partial charge is 0.480 e. The molecule has 0 aromatic heterocycles. The van der Waals surface area contributed by atoms with Crippen molar-refractivity contribution in [2.24, 2.45) is 5.92 Å². The van der Waals surface area contributed by atoms with Crippen molar-refractivity contribution in [1.82, 2.24) is 9.62 Å². The average molecular weight is 308 g/mol. The van der Waals surface area contributed by atoms with Crippen LogP contribution < -0.4 is 4.72 Å². The zero-order valence-corrected chi connectivity index (χ0v) is 13.4. The van der Waals surface area contributed by atoms with Gasteiger partial charge >= 0.3 is 5.97 Å². The predicted octanol–water partition coefficient (Wildman–Crippen LogP) is 0.272. The Balaban J connectivity index is 5.20. The predicted molar refractivity (Wildman–Crippen MR) is 75.7 cm³/mol. The summed E-state index contributed by atoms with van der Waals surface area (Å²) in [4.78, 5) is 24.3. The third-order valence-corrected chi connectivity index (χ3v) is 3.29. The highest BCUT2D eigenvalue weighted by molar-refractivity contribution is 7.88. The quantitative estimate of drug-likeness (QED) is 0.670. The summed E-state index contributed by atoms with van der Waals surface area (Å²) in [7, 11) is -3.55. The smallest absolute Gasteiger partial charge is 0.323 e. The number of carbonyl (C=O) groups excluding carboxylic acids is 1. The Morgan fingerprint density at radius 2 is 1.70 bits per heavy atom. The number of carboxylic acid groups (broad SMARTS) is 1. The van der Waals surface area contributed by atoms with E-state index in [4.69, 9.17) is 5.11 Å². The van der Waals surface area contributed by atoms with Crippen LogP contribution in [0.3, 0.4) is 0 Å². The van der Waals surface area contributed by atoms with Gasteiger partial charge in [-0.1, -0.05) is 13.8 Å². The van der Waals surface area contributed by atoms with Crippen LogP contribution in [-0.2, 0) is 19.6 Å². The zero-order chi connectivity index (χ0) is 16.1. The fourth-order valence-electron chi connectivity index (χ4n) is 1.79. The molecule has 0 aliphatic heterocycles. The highest BCUT2D eigenvalue weighted by atomic mass is 32.2. The molecule has 0 saturated carbocycles. The van der Waals surface area contributed by atoms with Gasteiger partial charge in [-0.25, -0.2) is 13.1 Å². The van der Waals surface area contributed by atoms with Gasteiger partial charge in [-0.15, -0.1) is 0 Å². The SMILES string of the molecule is CC(C)CC(NS(C)(=O)=O)C(=O)N(CC(=O)O)C(C)C. The number of amides is 1. The van der Waals surface area contributed by atoms with Crippen LogP contribution in [0.2, 0.25) is 0 Å². The van der Waals surface area contributed by atoms with E-state index in [-0.39, 0.29) is 12.0 Å². The first-order chi connectivity index (χ1) is 8.94. The molecule has 0 bridgehead atoms. The number of hydrogen-bond donors (Lipinski definition) is 2. The fourth-order valence-corrected chi connectivity index (χ4v) is 2.50. The van der Waals surface area contributed by atoms with Gasteiger partial charge < -0.3 is 10.0 Å². The van der Waals surface area contributed by atoms with E-state index >= 15 is 0 Å². The van der Waals surface area contributed by atoms with Gasteiger partial charge in [0.15, 0.2) is 0 Å². The number of nitrogens with zero attached hydrogens (tertiary/aromatic N) is 1. The van der Waals surface area contributed by atoms with Gasteiger partial charge in [0, 0.05) is 6.04 Å². The van der Waals surface area contributed by atoms with Crippen LogP contribution in [0.5, 0.6) is 0 Å². The van der Waals surface area contributed by atoms with Crippen molar-refractivity contribution in [2.45, 2.75) is 46.2 Å². The van der Waals surface area contributed by atoms with Crippen LogP contribution in [0.25, 0.3) is 0 Å². The number of hydrogen-bond acceptors (Lipinski definition) is 4. The van der Waals surface area contributed by atoms with Gasteiger partial charge in [-0.3, -0.25) is 9.59 Å². The minimum Gasteiger partial charge on any atom is -0.480 e. The third-order valence-electron chi connectivity index (χ3n) is 2.57. The molecule has 0 radical (unpaired) electrons. The molecule has 7 nitrogen and oxygen atoms in total. The Bertz CT molecular complexity index is 445. The number of nitrogens with one attached hydrogen (secondary N) is 1. The molecule has 0 aromatic rings. The lowest BCUT2D eigenvalue weighted by molar-refractivity contribution is -0.146. The van der Waals surface area contributed by atoms with Crippen LogP contribution >= 0.6 is 0 Å². The monoisotopic (exact) mass is 308 g/mol. The molecule has 0 fully saturated rings. The van der Waals surface area contributed by atoms with Gasteiger partial charge in [0.05, 0.1) is 6.26 Å². The number of sulfonamides is 1. The van der Waals surface area contributed by atoms with Crippen LogP contribution in [0, 0.1) is 5.92 Å². The average Bonchev–Trinajstić information content (AvgIpc) is 2.20. The van der Waals surface area contributed by atoms with E-state index in [1.807, 2.05) is 13.8 Å². The number of aliphatic carboxylic acids is 1. The summed E-state index contributed by atoms with van der Waals surface area (Å²) in [5, 5.41) is 8.85. The first-order valence-corrected chi connectivity index (χ1v) is 8.32. The van der Waals surface area contributed by atoms with Gasteiger partial charge in [0.25, 0.3) is 0 Å². The minimum absolute atomic E-state index is 0.0945. The maximum atomic E-state index is 12.4. The first-order valence-electron chi connectivity index (χ1n) is 6.43. The second kappa shape index (κ2) is 7.58. The summed E-state index contributed by atoms with van der Waals surface area (Å²) in [6.45, 7) is 6.65. The van der Waals surface area contributed by atoms with Gasteiger partial charge in [-0.2, -0.15) is 0 Å². The molecule has 20 heavy (non-hydrogen) atoms. The summed E-state index contributed by atoms with van der Waals surface area (Å²) in [5.41, 5.74) is 0. The summed E-state index contributed by atoms with van der Waals surface area (Å²) in [5.74, 6) is -1.55. The van der Waals surface area contributed by atoms with E-state index in [1.54, 1.807) is 13.8 Å². The molecule has 0 spiro atoms.